The zero-order valence-electron chi connectivity index (χ0n) is 9.34. The summed E-state index contributed by atoms with van der Waals surface area (Å²) in [5.41, 5.74) is 0.479. The van der Waals surface area contributed by atoms with Gasteiger partial charge in [-0.2, -0.15) is 18.3 Å². The van der Waals surface area contributed by atoms with Crippen LogP contribution in [0.4, 0.5) is 13.2 Å². The summed E-state index contributed by atoms with van der Waals surface area (Å²) in [5.74, 6) is 0. The molecule has 0 N–H and O–H groups in total. The van der Waals surface area contributed by atoms with Crippen LogP contribution in [-0.4, -0.2) is 34.4 Å². The Balaban J connectivity index is 2.63. The second kappa shape index (κ2) is 6.16. The molecule has 17 heavy (non-hydrogen) atoms. The van der Waals surface area contributed by atoms with Crippen molar-refractivity contribution in [3.63, 3.8) is 0 Å². The first-order valence-corrected chi connectivity index (χ1v) is 5.55. The molecule has 0 saturated heterocycles. The molecule has 1 aromatic heterocycles. The first-order chi connectivity index (χ1) is 7.90. The molecule has 1 heterocycles. The van der Waals surface area contributed by atoms with E-state index < -0.39 is 12.7 Å². The Kier molecular flexibility index (Phi) is 5.14. The summed E-state index contributed by atoms with van der Waals surface area (Å²) in [6.45, 7) is 1.38. The molecule has 96 valence electrons. The molecule has 0 aliphatic rings. The van der Waals surface area contributed by atoms with E-state index in [4.69, 9.17) is 11.6 Å². The van der Waals surface area contributed by atoms with Crippen molar-refractivity contribution in [2.24, 2.45) is 0 Å². The van der Waals surface area contributed by atoms with Gasteiger partial charge in [-0.05, 0) is 25.1 Å². The van der Waals surface area contributed by atoms with Gasteiger partial charge in [0, 0.05) is 6.54 Å². The minimum Gasteiger partial charge on any atom is -0.289 e. The van der Waals surface area contributed by atoms with Crippen LogP contribution in [0.15, 0.2) is 12.1 Å². The molecule has 3 nitrogen and oxygen atoms in total. The highest BCUT2D eigenvalue weighted by atomic mass is 35.5. The summed E-state index contributed by atoms with van der Waals surface area (Å²) in [6, 6.07) is 3.09. The topological polar surface area (TPSA) is 29.0 Å². The SMILES string of the molecule is CCCN(Cc1ccc(Cl)nn1)CC(F)(F)F. The van der Waals surface area contributed by atoms with Crippen molar-refractivity contribution in [3.8, 4) is 0 Å². The van der Waals surface area contributed by atoms with Crippen LogP contribution < -0.4 is 0 Å². The number of alkyl halides is 3. The molecule has 0 atom stereocenters. The zero-order chi connectivity index (χ0) is 12.9. The number of rotatable bonds is 5. The highest BCUT2D eigenvalue weighted by Gasteiger charge is 2.30. The molecule has 7 heteroatoms. The summed E-state index contributed by atoms with van der Waals surface area (Å²) in [4.78, 5) is 1.29. The predicted molar refractivity (Wildman–Crippen MR) is 58.7 cm³/mol. The summed E-state index contributed by atoms with van der Waals surface area (Å²) >= 11 is 5.55. The Hall–Kier alpha value is -0.880. The van der Waals surface area contributed by atoms with Crippen LogP contribution >= 0.6 is 11.6 Å². The monoisotopic (exact) mass is 267 g/mol. The van der Waals surface area contributed by atoms with E-state index in [-0.39, 0.29) is 11.7 Å². The zero-order valence-corrected chi connectivity index (χ0v) is 10.1. The lowest BCUT2D eigenvalue weighted by Gasteiger charge is -2.22. The van der Waals surface area contributed by atoms with Crippen molar-refractivity contribution in [2.75, 3.05) is 13.1 Å². The smallest absolute Gasteiger partial charge is 0.289 e. The van der Waals surface area contributed by atoms with Crippen molar-refractivity contribution in [3.05, 3.63) is 23.0 Å². The Morgan fingerprint density at radius 3 is 2.47 bits per heavy atom. The lowest BCUT2D eigenvalue weighted by atomic mass is 10.3. The molecule has 0 spiro atoms. The lowest BCUT2D eigenvalue weighted by molar-refractivity contribution is -0.147. The van der Waals surface area contributed by atoms with Gasteiger partial charge in [0.25, 0.3) is 0 Å². The minimum absolute atomic E-state index is 0.123. The lowest BCUT2D eigenvalue weighted by Crippen LogP contribution is -2.34. The highest BCUT2D eigenvalue weighted by Crippen LogP contribution is 2.18. The fourth-order valence-corrected chi connectivity index (χ4v) is 1.54. The summed E-state index contributed by atoms with van der Waals surface area (Å²) in [7, 11) is 0. The molecule has 0 amide bonds. The Morgan fingerprint density at radius 1 is 1.29 bits per heavy atom. The normalized spacial score (nSPS) is 12.1. The third-order valence-electron chi connectivity index (χ3n) is 2.02. The third-order valence-corrected chi connectivity index (χ3v) is 2.22. The van der Waals surface area contributed by atoms with Crippen molar-refractivity contribution < 1.29 is 13.2 Å². The van der Waals surface area contributed by atoms with Gasteiger partial charge >= 0.3 is 6.18 Å². The number of halogens is 4. The van der Waals surface area contributed by atoms with Gasteiger partial charge < -0.3 is 0 Å². The molecular weight excluding hydrogens is 255 g/mol. The van der Waals surface area contributed by atoms with Crippen molar-refractivity contribution in [1.29, 1.82) is 0 Å². The first kappa shape index (κ1) is 14.2. The van der Waals surface area contributed by atoms with Gasteiger partial charge in [0.1, 0.15) is 0 Å². The van der Waals surface area contributed by atoms with Crippen LogP contribution in [-0.2, 0) is 6.54 Å². The van der Waals surface area contributed by atoms with Gasteiger partial charge in [0.05, 0.1) is 12.2 Å². The van der Waals surface area contributed by atoms with E-state index in [9.17, 15) is 13.2 Å². The minimum atomic E-state index is -4.20. The van der Waals surface area contributed by atoms with Gasteiger partial charge in [0.15, 0.2) is 5.15 Å². The fraction of sp³-hybridized carbons (Fsp3) is 0.600. The van der Waals surface area contributed by atoms with Crippen molar-refractivity contribution in [2.45, 2.75) is 26.1 Å². The Bertz CT molecular complexity index is 340. The molecule has 0 radical (unpaired) electrons. The highest BCUT2D eigenvalue weighted by molar-refractivity contribution is 6.29. The fourth-order valence-electron chi connectivity index (χ4n) is 1.44. The van der Waals surface area contributed by atoms with E-state index in [0.29, 0.717) is 18.7 Å². The molecule has 1 aromatic rings. The average molecular weight is 268 g/mol. The van der Waals surface area contributed by atoms with Crippen molar-refractivity contribution in [1.82, 2.24) is 15.1 Å². The Labute approximate surface area is 103 Å². The molecule has 0 aliphatic carbocycles. The molecule has 0 unspecified atom stereocenters. The first-order valence-electron chi connectivity index (χ1n) is 5.18. The van der Waals surface area contributed by atoms with Crippen LogP contribution in [0.5, 0.6) is 0 Å². The van der Waals surface area contributed by atoms with Gasteiger partial charge in [-0.25, -0.2) is 0 Å². The van der Waals surface area contributed by atoms with Crippen LogP contribution in [0.3, 0.4) is 0 Å². The third kappa shape index (κ3) is 5.83. The van der Waals surface area contributed by atoms with Crippen LogP contribution in [0.25, 0.3) is 0 Å². The number of hydrogen-bond acceptors (Lipinski definition) is 3. The Morgan fingerprint density at radius 2 is 2.00 bits per heavy atom. The van der Waals surface area contributed by atoms with Crippen LogP contribution in [0, 0.1) is 0 Å². The second-order valence-electron chi connectivity index (χ2n) is 3.67. The number of nitrogens with zero attached hydrogens (tertiary/aromatic N) is 3. The predicted octanol–water partition coefficient (Wildman–Crippen LogP) is 2.90. The molecular formula is C10H13ClF3N3. The summed E-state index contributed by atoms with van der Waals surface area (Å²) < 4.78 is 36.9. The average Bonchev–Trinajstić information content (AvgIpc) is 2.19. The van der Waals surface area contributed by atoms with Gasteiger partial charge in [-0.3, -0.25) is 4.90 Å². The quantitative estimate of drug-likeness (QED) is 0.821. The summed E-state index contributed by atoms with van der Waals surface area (Å²) in [5, 5.41) is 7.56. The van der Waals surface area contributed by atoms with Gasteiger partial charge in [-0.15, -0.1) is 5.10 Å². The van der Waals surface area contributed by atoms with E-state index in [1.807, 2.05) is 6.92 Å². The van der Waals surface area contributed by atoms with Crippen molar-refractivity contribution >= 4 is 11.6 Å². The van der Waals surface area contributed by atoms with Crippen LogP contribution in [0.1, 0.15) is 19.0 Å². The summed E-state index contributed by atoms with van der Waals surface area (Å²) in [6.07, 6.45) is -3.55. The maximum atomic E-state index is 12.3. The number of hydrogen-bond donors (Lipinski definition) is 0. The van der Waals surface area contributed by atoms with E-state index in [0.717, 1.165) is 0 Å². The molecule has 1 rings (SSSR count). The second-order valence-corrected chi connectivity index (χ2v) is 4.06. The molecule has 0 aromatic carbocycles. The van der Waals surface area contributed by atoms with E-state index in [2.05, 4.69) is 10.2 Å². The number of aromatic nitrogens is 2. The maximum Gasteiger partial charge on any atom is 0.401 e. The maximum absolute atomic E-state index is 12.3. The standard InChI is InChI=1S/C10H13ClF3N3/c1-2-5-17(7-10(12,13)14)6-8-3-4-9(11)16-15-8/h3-4H,2,5-7H2,1H3. The van der Waals surface area contributed by atoms with E-state index in [1.165, 1.54) is 11.0 Å². The molecule has 0 saturated carbocycles. The molecule has 0 aliphatic heterocycles. The molecule has 0 bridgehead atoms. The van der Waals surface area contributed by atoms with E-state index >= 15 is 0 Å². The van der Waals surface area contributed by atoms with Crippen LogP contribution in [0.2, 0.25) is 5.15 Å². The molecule has 0 fully saturated rings. The van der Waals surface area contributed by atoms with Gasteiger partial charge in [-0.1, -0.05) is 18.5 Å². The largest absolute Gasteiger partial charge is 0.401 e. The van der Waals surface area contributed by atoms with Gasteiger partial charge in [0.2, 0.25) is 0 Å². The van der Waals surface area contributed by atoms with E-state index in [1.54, 1.807) is 6.07 Å².